The van der Waals surface area contributed by atoms with E-state index in [0.29, 0.717) is 5.54 Å². The molecule has 1 atom stereocenters. The van der Waals surface area contributed by atoms with Crippen LogP contribution in [0.3, 0.4) is 0 Å². The molecule has 0 N–H and O–H groups in total. The van der Waals surface area contributed by atoms with Crippen LogP contribution in [-0.2, 0) is 0 Å². The Kier molecular flexibility index (Phi) is 1.68. The van der Waals surface area contributed by atoms with E-state index in [1.54, 1.807) is 0 Å². The summed E-state index contributed by atoms with van der Waals surface area (Å²) < 4.78 is 0. The van der Waals surface area contributed by atoms with Crippen LogP contribution < -0.4 is 0 Å². The second-order valence-corrected chi connectivity index (χ2v) is 4.79. The first-order valence-electron chi connectivity index (χ1n) is 5.41. The largest absolute Gasteiger partial charge is 0.300 e. The zero-order valence-corrected chi connectivity index (χ0v) is 8.61. The van der Waals surface area contributed by atoms with E-state index < -0.39 is 0 Å². The molecule has 1 aromatic rings. The van der Waals surface area contributed by atoms with E-state index in [1.165, 1.54) is 31.4 Å². The summed E-state index contributed by atoms with van der Waals surface area (Å²) in [6.45, 7) is 1.21. The van der Waals surface area contributed by atoms with Crippen molar-refractivity contribution in [3.63, 3.8) is 0 Å². The maximum absolute atomic E-state index is 4.20. The topological polar surface area (TPSA) is 16.1 Å². The summed E-state index contributed by atoms with van der Waals surface area (Å²) in [5.41, 5.74) is 2.00. The van der Waals surface area contributed by atoms with E-state index in [1.807, 2.05) is 18.5 Å². The van der Waals surface area contributed by atoms with Crippen LogP contribution in [0.2, 0.25) is 0 Å². The van der Waals surface area contributed by atoms with Crippen LogP contribution in [0.1, 0.15) is 30.7 Å². The number of nitrogens with zero attached hydrogens (tertiary/aromatic N) is 2. The van der Waals surface area contributed by atoms with Crippen molar-refractivity contribution < 1.29 is 0 Å². The zero-order chi connectivity index (χ0) is 9.60. The lowest BCUT2D eigenvalue weighted by Crippen LogP contribution is -2.26. The first-order valence-corrected chi connectivity index (χ1v) is 5.41. The van der Waals surface area contributed by atoms with Crippen molar-refractivity contribution in [1.29, 1.82) is 0 Å². The second kappa shape index (κ2) is 2.80. The molecule has 0 unspecified atom stereocenters. The molecular weight excluding hydrogens is 172 g/mol. The molecule has 3 rings (SSSR count). The fourth-order valence-electron chi connectivity index (χ4n) is 2.77. The third kappa shape index (κ3) is 1.17. The van der Waals surface area contributed by atoms with Crippen LogP contribution in [0.4, 0.5) is 0 Å². The number of hydrogen-bond acceptors (Lipinski definition) is 2. The van der Waals surface area contributed by atoms with Crippen molar-refractivity contribution in [2.45, 2.75) is 30.7 Å². The molecule has 2 nitrogen and oxygen atoms in total. The molecule has 1 saturated heterocycles. The van der Waals surface area contributed by atoms with Crippen molar-refractivity contribution >= 4 is 0 Å². The van der Waals surface area contributed by atoms with E-state index in [9.17, 15) is 0 Å². The summed E-state index contributed by atoms with van der Waals surface area (Å²) in [5.74, 6) is 0.719. The lowest BCUT2D eigenvalue weighted by atomic mass is 9.97. The van der Waals surface area contributed by atoms with Crippen molar-refractivity contribution in [3.05, 3.63) is 30.1 Å². The van der Waals surface area contributed by atoms with Crippen molar-refractivity contribution in [3.8, 4) is 0 Å². The smallest absolute Gasteiger partial charge is 0.0303 e. The van der Waals surface area contributed by atoms with Gasteiger partial charge >= 0.3 is 0 Å². The third-order valence-corrected chi connectivity index (χ3v) is 3.91. The molecule has 1 aliphatic heterocycles. The fourth-order valence-corrected chi connectivity index (χ4v) is 2.77. The summed E-state index contributed by atoms with van der Waals surface area (Å²) in [4.78, 5) is 6.75. The fraction of sp³-hybridized carbons (Fsp3) is 0.583. The predicted molar refractivity (Wildman–Crippen MR) is 56.2 cm³/mol. The molecule has 1 aliphatic carbocycles. The summed E-state index contributed by atoms with van der Waals surface area (Å²) in [7, 11) is 2.27. The van der Waals surface area contributed by atoms with Gasteiger partial charge in [-0.15, -0.1) is 0 Å². The Morgan fingerprint density at radius 3 is 2.93 bits per heavy atom. The van der Waals surface area contributed by atoms with Gasteiger partial charge in [0.1, 0.15) is 0 Å². The Morgan fingerprint density at radius 1 is 1.50 bits per heavy atom. The van der Waals surface area contributed by atoms with Gasteiger partial charge in [0.25, 0.3) is 0 Å². The second-order valence-electron chi connectivity index (χ2n) is 4.79. The SMILES string of the molecule is CN1C[C@@H](c2cccnc2)CC12CC2. The molecule has 0 aromatic carbocycles. The molecule has 2 aliphatic rings. The van der Waals surface area contributed by atoms with Crippen LogP contribution in [0.5, 0.6) is 0 Å². The Hall–Kier alpha value is -0.890. The normalized spacial score (nSPS) is 29.6. The van der Waals surface area contributed by atoms with E-state index in [4.69, 9.17) is 0 Å². The highest BCUT2D eigenvalue weighted by Gasteiger charge is 2.52. The molecule has 1 aromatic heterocycles. The maximum atomic E-state index is 4.20. The Morgan fingerprint density at radius 2 is 2.36 bits per heavy atom. The molecule has 2 heteroatoms. The first kappa shape index (κ1) is 8.42. The van der Waals surface area contributed by atoms with Crippen molar-refractivity contribution in [1.82, 2.24) is 9.88 Å². The number of aromatic nitrogens is 1. The van der Waals surface area contributed by atoms with Crippen LogP contribution >= 0.6 is 0 Å². The summed E-state index contributed by atoms with van der Waals surface area (Å²) in [5, 5.41) is 0. The van der Waals surface area contributed by atoms with Crippen LogP contribution in [0, 0.1) is 0 Å². The van der Waals surface area contributed by atoms with Gasteiger partial charge in [-0.1, -0.05) is 6.07 Å². The molecule has 0 radical (unpaired) electrons. The van der Waals surface area contributed by atoms with Crippen LogP contribution in [0.15, 0.2) is 24.5 Å². The third-order valence-electron chi connectivity index (χ3n) is 3.91. The van der Waals surface area contributed by atoms with E-state index >= 15 is 0 Å². The van der Waals surface area contributed by atoms with Gasteiger partial charge < -0.3 is 4.90 Å². The van der Waals surface area contributed by atoms with E-state index in [2.05, 4.69) is 23.0 Å². The Bertz CT molecular complexity index is 329. The van der Waals surface area contributed by atoms with Crippen LogP contribution in [-0.4, -0.2) is 29.0 Å². The standard InChI is InChI=1S/C12H16N2/c1-14-9-11(7-12(14)4-5-12)10-3-2-6-13-8-10/h2-3,6,8,11H,4-5,7,9H2,1H3/t11-/m0/s1. The summed E-state index contributed by atoms with van der Waals surface area (Å²) in [6.07, 6.45) is 8.03. The highest BCUT2D eigenvalue weighted by Crippen LogP contribution is 2.52. The number of likely N-dealkylation sites (tertiary alicyclic amines) is 1. The number of rotatable bonds is 1. The van der Waals surface area contributed by atoms with E-state index in [0.717, 1.165) is 5.92 Å². The Balaban J connectivity index is 1.83. The lowest BCUT2D eigenvalue weighted by Gasteiger charge is -2.16. The van der Waals surface area contributed by atoms with Crippen LogP contribution in [0.25, 0.3) is 0 Å². The lowest BCUT2D eigenvalue weighted by molar-refractivity contribution is 0.291. The molecule has 2 heterocycles. The average molecular weight is 188 g/mol. The average Bonchev–Trinajstić information content (AvgIpc) is 2.91. The zero-order valence-electron chi connectivity index (χ0n) is 8.61. The van der Waals surface area contributed by atoms with Gasteiger partial charge in [-0.3, -0.25) is 4.98 Å². The van der Waals surface area contributed by atoms with Gasteiger partial charge in [-0.2, -0.15) is 0 Å². The molecule has 1 saturated carbocycles. The van der Waals surface area contributed by atoms with Crippen molar-refractivity contribution in [2.75, 3.05) is 13.6 Å². The van der Waals surface area contributed by atoms with Gasteiger partial charge in [0.2, 0.25) is 0 Å². The number of pyridine rings is 1. The first-order chi connectivity index (χ1) is 6.80. The number of likely N-dealkylation sites (N-methyl/N-ethyl adjacent to an activating group) is 1. The van der Waals surface area contributed by atoms with E-state index in [-0.39, 0.29) is 0 Å². The quantitative estimate of drug-likeness (QED) is 0.670. The minimum atomic E-state index is 0.584. The summed E-state index contributed by atoms with van der Waals surface area (Å²) in [6, 6.07) is 4.26. The van der Waals surface area contributed by atoms with Gasteiger partial charge in [0.15, 0.2) is 0 Å². The van der Waals surface area contributed by atoms with Crippen molar-refractivity contribution in [2.24, 2.45) is 0 Å². The monoisotopic (exact) mass is 188 g/mol. The van der Waals surface area contributed by atoms with Gasteiger partial charge in [0.05, 0.1) is 0 Å². The molecule has 74 valence electrons. The molecule has 1 spiro atoms. The molecule has 14 heavy (non-hydrogen) atoms. The summed E-state index contributed by atoms with van der Waals surface area (Å²) >= 11 is 0. The highest BCUT2D eigenvalue weighted by atomic mass is 15.2. The predicted octanol–water partition coefficient (Wildman–Crippen LogP) is 2.03. The van der Waals surface area contributed by atoms with Gasteiger partial charge in [0, 0.05) is 24.5 Å². The Labute approximate surface area is 85.0 Å². The molecule has 0 amide bonds. The minimum absolute atomic E-state index is 0.584. The molecule has 2 fully saturated rings. The maximum Gasteiger partial charge on any atom is 0.0303 e. The molecular formula is C12H16N2. The minimum Gasteiger partial charge on any atom is -0.300 e. The molecule has 0 bridgehead atoms. The van der Waals surface area contributed by atoms with Gasteiger partial charge in [-0.25, -0.2) is 0 Å². The van der Waals surface area contributed by atoms with Gasteiger partial charge in [-0.05, 0) is 43.9 Å². The highest BCUT2D eigenvalue weighted by molar-refractivity contribution is 5.22. The number of hydrogen-bond donors (Lipinski definition) is 0.